The third-order valence-corrected chi connectivity index (χ3v) is 2.15. The van der Waals surface area contributed by atoms with Crippen molar-refractivity contribution in [3.05, 3.63) is 18.2 Å². The highest BCUT2D eigenvalue weighted by atomic mass is 16.5. The lowest BCUT2D eigenvalue weighted by Crippen LogP contribution is -2.24. The normalized spacial score (nSPS) is 12.2. The standard InChI is InChI=1S/C11H17N3O2/c1-4-10-12-5-9(6-13-10)14-11(15)8(2)7-16-3/h5-6,8H,4,7H2,1-3H3,(H,14,15). The number of nitrogens with zero attached hydrogens (tertiary/aromatic N) is 2. The molecule has 1 aromatic rings. The van der Waals surface area contributed by atoms with E-state index in [4.69, 9.17) is 4.74 Å². The Balaban J connectivity index is 2.55. The van der Waals surface area contributed by atoms with Crippen LogP contribution in [-0.2, 0) is 16.0 Å². The van der Waals surface area contributed by atoms with Crippen molar-refractivity contribution in [2.45, 2.75) is 20.3 Å². The van der Waals surface area contributed by atoms with E-state index in [1.807, 2.05) is 6.92 Å². The van der Waals surface area contributed by atoms with E-state index in [0.717, 1.165) is 12.2 Å². The second-order valence-corrected chi connectivity index (χ2v) is 3.59. The van der Waals surface area contributed by atoms with Crippen molar-refractivity contribution >= 4 is 11.6 Å². The number of carbonyl (C=O) groups is 1. The fourth-order valence-electron chi connectivity index (χ4n) is 1.19. The molecule has 88 valence electrons. The summed E-state index contributed by atoms with van der Waals surface area (Å²) in [6.45, 7) is 4.19. The first kappa shape index (κ1) is 12.6. The van der Waals surface area contributed by atoms with Gasteiger partial charge in [0, 0.05) is 13.5 Å². The van der Waals surface area contributed by atoms with Gasteiger partial charge in [-0.1, -0.05) is 13.8 Å². The molecule has 0 aliphatic rings. The minimum atomic E-state index is -0.184. The molecular weight excluding hydrogens is 206 g/mol. The molecule has 1 aromatic heterocycles. The van der Waals surface area contributed by atoms with Crippen LogP contribution in [0.1, 0.15) is 19.7 Å². The van der Waals surface area contributed by atoms with Crippen molar-refractivity contribution in [2.75, 3.05) is 19.0 Å². The van der Waals surface area contributed by atoms with Gasteiger partial charge in [0.25, 0.3) is 0 Å². The number of methoxy groups -OCH3 is 1. The molecule has 0 aliphatic heterocycles. The third kappa shape index (κ3) is 3.58. The zero-order valence-electron chi connectivity index (χ0n) is 9.86. The molecule has 1 rings (SSSR count). The molecule has 1 N–H and O–H groups in total. The van der Waals surface area contributed by atoms with E-state index in [0.29, 0.717) is 12.3 Å². The second-order valence-electron chi connectivity index (χ2n) is 3.59. The lowest BCUT2D eigenvalue weighted by molar-refractivity contribution is -0.120. The summed E-state index contributed by atoms with van der Waals surface area (Å²) in [5, 5.41) is 2.73. The van der Waals surface area contributed by atoms with Crippen molar-refractivity contribution in [3.8, 4) is 0 Å². The van der Waals surface area contributed by atoms with Crippen molar-refractivity contribution in [3.63, 3.8) is 0 Å². The Labute approximate surface area is 95.3 Å². The molecule has 0 fully saturated rings. The van der Waals surface area contributed by atoms with Gasteiger partial charge in [-0.05, 0) is 0 Å². The van der Waals surface area contributed by atoms with Crippen LogP contribution >= 0.6 is 0 Å². The van der Waals surface area contributed by atoms with Crippen LogP contribution < -0.4 is 5.32 Å². The van der Waals surface area contributed by atoms with Crippen LogP contribution in [0, 0.1) is 5.92 Å². The summed E-state index contributed by atoms with van der Waals surface area (Å²) < 4.78 is 4.91. The van der Waals surface area contributed by atoms with Gasteiger partial charge >= 0.3 is 0 Å². The van der Waals surface area contributed by atoms with E-state index in [1.54, 1.807) is 26.4 Å². The van der Waals surface area contributed by atoms with Crippen LogP contribution in [0.25, 0.3) is 0 Å². The van der Waals surface area contributed by atoms with E-state index in [-0.39, 0.29) is 11.8 Å². The van der Waals surface area contributed by atoms with Gasteiger partial charge in [-0.2, -0.15) is 0 Å². The van der Waals surface area contributed by atoms with Crippen LogP contribution in [-0.4, -0.2) is 29.6 Å². The Bertz CT molecular complexity index is 338. The maximum atomic E-state index is 11.6. The highest BCUT2D eigenvalue weighted by molar-refractivity contribution is 5.92. The van der Waals surface area contributed by atoms with Crippen LogP contribution in [0.3, 0.4) is 0 Å². The molecule has 1 amide bonds. The molecule has 0 saturated heterocycles. The first-order valence-electron chi connectivity index (χ1n) is 5.28. The molecule has 5 heteroatoms. The summed E-state index contributed by atoms with van der Waals surface area (Å²) in [6.07, 6.45) is 4.01. The number of amides is 1. The molecular formula is C11H17N3O2. The van der Waals surface area contributed by atoms with Crippen LogP contribution in [0.15, 0.2) is 12.4 Å². The van der Waals surface area contributed by atoms with Crippen molar-refractivity contribution in [1.82, 2.24) is 9.97 Å². The van der Waals surface area contributed by atoms with E-state index in [9.17, 15) is 4.79 Å². The predicted octanol–water partition coefficient (Wildman–Crippen LogP) is 1.26. The Morgan fingerprint density at radius 2 is 2.12 bits per heavy atom. The molecule has 1 unspecified atom stereocenters. The molecule has 1 heterocycles. The summed E-state index contributed by atoms with van der Waals surface area (Å²) in [5.74, 6) is 0.494. The minimum Gasteiger partial charge on any atom is -0.384 e. The molecule has 1 atom stereocenters. The first-order valence-corrected chi connectivity index (χ1v) is 5.28. The lowest BCUT2D eigenvalue weighted by atomic mass is 10.2. The van der Waals surface area contributed by atoms with Crippen molar-refractivity contribution < 1.29 is 9.53 Å². The quantitative estimate of drug-likeness (QED) is 0.816. The number of hydrogen-bond acceptors (Lipinski definition) is 4. The summed E-state index contributed by atoms with van der Waals surface area (Å²) in [4.78, 5) is 19.8. The monoisotopic (exact) mass is 223 g/mol. The Kier molecular flexibility index (Phi) is 4.85. The molecule has 0 spiro atoms. The summed E-state index contributed by atoms with van der Waals surface area (Å²) in [5.41, 5.74) is 0.616. The van der Waals surface area contributed by atoms with E-state index in [1.165, 1.54) is 0 Å². The number of anilines is 1. The maximum Gasteiger partial charge on any atom is 0.229 e. The number of rotatable bonds is 5. The molecule has 0 bridgehead atoms. The van der Waals surface area contributed by atoms with Gasteiger partial charge in [0.2, 0.25) is 5.91 Å². The number of aryl methyl sites for hydroxylation is 1. The lowest BCUT2D eigenvalue weighted by Gasteiger charge is -2.10. The smallest absolute Gasteiger partial charge is 0.229 e. The summed E-state index contributed by atoms with van der Waals surface area (Å²) in [6, 6.07) is 0. The second kappa shape index (κ2) is 6.17. The fourth-order valence-corrected chi connectivity index (χ4v) is 1.19. The zero-order valence-corrected chi connectivity index (χ0v) is 9.86. The topological polar surface area (TPSA) is 64.1 Å². The molecule has 0 aliphatic carbocycles. The zero-order chi connectivity index (χ0) is 12.0. The molecule has 16 heavy (non-hydrogen) atoms. The number of ether oxygens (including phenoxy) is 1. The highest BCUT2D eigenvalue weighted by Crippen LogP contribution is 2.06. The Hall–Kier alpha value is -1.49. The fraction of sp³-hybridized carbons (Fsp3) is 0.545. The summed E-state index contributed by atoms with van der Waals surface area (Å²) >= 11 is 0. The van der Waals surface area contributed by atoms with Gasteiger partial charge in [0.1, 0.15) is 5.82 Å². The van der Waals surface area contributed by atoms with Crippen molar-refractivity contribution in [1.29, 1.82) is 0 Å². The van der Waals surface area contributed by atoms with Crippen LogP contribution in [0.2, 0.25) is 0 Å². The van der Waals surface area contributed by atoms with Gasteiger partial charge in [-0.15, -0.1) is 0 Å². The molecule has 0 aromatic carbocycles. The summed E-state index contributed by atoms with van der Waals surface area (Å²) in [7, 11) is 1.57. The third-order valence-electron chi connectivity index (χ3n) is 2.15. The number of carbonyl (C=O) groups excluding carboxylic acids is 1. The van der Waals surface area contributed by atoms with E-state index >= 15 is 0 Å². The number of hydrogen-bond donors (Lipinski definition) is 1. The van der Waals surface area contributed by atoms with E-state index in [2.05, 4.69) is 15.3 Å². The Morgan fingerprint density at radius 3 is 2.62 bits per heavy atom. The van der Waals surface area contributed by atoms with Gasteiger partial charge in [-0.3, -0.25) is 4.79 Å². The average molecular weight is 223 g/mol. The maximum absolute atomic E-state index is 11.6. The SMILES string of the molecule is CCc1ncc(NC(=O)C(C)COC)cn1. The van der Waals surface area contributed by atoms with Gasteiger partial charge in [0.15, 0.2) is 0 Å². The van der Waals surface area contributed by atoms with Crippen LogP contribution in [0.5, 0.6) is 0 Å². The van der Waals surface area contributed by atoms with Gasteiger partial charge in [-0.25, -0.2) is 9.97 Å². The minimum absolute atomic E-state index is 0.0882. The number of nitrogens with one attached hydrogen (secondary N) is 1. The molecule has 0 saturated carbocycles. The van der Waals surface area contributed by atoms with Crippen LogP contribution in [0.4, 0.5) is 5.69 Å². The Morgan fingerprint density at radius 1 is 1.50 bits per heavy atom. The highest BCUT2D eigenvalue weighted by Gasteiger charge is 2.12. The van der Waals surface area contributed by atoms with Gasteiger partial charge < -0.3 is 10.1 Å². The number of aromatic nitrogens is 2. The van der Waals surface area contributed by atoms with Crippen molar-refractivity contribution in [2.24, 2.45) is 5.92 Å². The largest absolute Gasteiger partial charge is 0.384 e. The van der Waals surface area contributed by atoms with Gasteiger partial charge in [0.05, 0.1) is 30.6 Å². The molecule has 0 radical (unpaired) electrons. The first-order chi connectivity index (χ1) is 7.67. The van der Waals surface area contributed by atoms with E-state index < -0.39 is 0 Å². The molecule has 5 nitrogen and oxygen atoms in total. The average Bonchev–Trinajstić information content (AvgIpc) is 2.30. The predicted molar refractivity (Wildman–Crippen MR) is 61.1 cm³/mol.